The minimum Gasteiger partial charge on any atom is -0.463 e. The molecule has 8 nitrogen and oxygen atoms in total. The van der Waals surface area contributed by atoms with Gasteiger partial charge in [-0.15, -0.1) is 0 Å². The molecule has 1 fully saturated rings. The molecule has 3 aromatic rings. The minimum absolute atomic E-state index is 0.176. The number of fused-ring (bicyclic) bond motifs is 1. The van der Waals surface area contributed by atoms with Crippen LogP contribution in [0.5, 0.6) is 0 Å². The van der Waals surface area contributed by atoms with Crippen LogP contribution < -0.4 is 5.32 Å². The predicted molar refractivity (Wildman–Crippen MR) is 93.8 cm³/mol. The van der Waals surface area contributed by atoms with Crippen LogP contribution in [-0.2, 0) is 4.74 Å². The second kappa shape index (κ2) is 7.27. The van der Waals surface area contributed by atoms with Crippen molar-refractivity contribution < 1.29 is 18.5 Å². The fraction of sp³-hybridized carbons (Fsp3) is 0.389. The Bertz CT molecular complexity index is 897. The number of ether oxygens (including phenoxy) is 1. The smallest absolute Gasteiger partial charge is 0.259 e. The standard InChI is InChI=1S/C18H20N4O4/c1-12-16-13(17(23)19-4-5-22-6-9-24-10-7-22)11-14(15-3-2-8-25-15)20-18(16)26-21-12/h2-3,8,11H,4-7,9-10H2,1H3,(H,19,23). The molecule has 136 valence electrons. The van der Waals surface area contributed by atoms with Crippen LogP contribution in [0.25, 0.3) is 22.6 Å². The molecule has 1 amide bonds. The number of hydrogen-bond acceptors (Lipinski definition) is 7. The van der Waals surface area contributed by atoms with Crippen molar-refractivity contribution in [1.29, 1.82) is 0 Å². The highest BCUT2D eigenvalue weighted by atomic mass is 16.5. The molecular weight excluding hydrogens is 336 g/mol. The Kier molecular flexibility index (Phi) is 4.68. The number of rotatable bonds is 5. The number of nitrogens with zero attached hydrogens (tertiary/aromatic N) is 3. The quantitative estimate of drug-likeness (QED) is 0.745. The Morgan fingerprint density at radius 3 is 2.96 bits per heavy atom. The van der Waals surface area contributed by atoms with Crippen molar-refractivity contribution in [3.05, 3.63) is 35.7 Å². The molecule has 1 N–H and O–H groups in total. The van der Waals surface area contributed by atoms with Gasteiger partial charge in [0.2, 0.25) is 0 Å². The molecule has 0 atom stereocenters. The largest absolute Gasteiger partial charge is 0.463 e. The molecule has 1 saturated heterocycles. The van der Waals surface area contributed by atoms with Crippen LogP contribution in [0.15, 0.2) is 33.4 Å². The summed E-state index contributed by atoms with van der Waals surface area (Å²) in [4.78, 5) is 19.5. The molecule has 26 heavy (non-hydrogen) atoms. The molecule has 0 aliphatic carbocycles. The maximum absolute atomic E-state index is 12.8. The highest BCUT2D eigenvalue weighted by Gasteiger charge is 2.20. The van der Waals surface area contributed by atoms with Gasteiger partial charge in [-0.1, -0.05) is 5.16 Å². The molecule has 3 aromatic heterocycles. The minimum atomic E-state index is -0.176. The highest BCUT2D eigenvalue weighted by Crippen LogP contribution is 2.27. The molecule has 0 saturated carbocycles. The Morgan fingerprint density at radius 2 is 2.19 bits per heavy atom. The van der Waals surface area contributed by atoms with Gasteiger partial charge in [-0.25, -0.2) is 4.98 Å². The molecule has 1 aliphatic rings. The molecule has 8 heteroatoms. The third-order valence-corrected chi connectivity index (χ3v) is 4.45. The molecule has 4 heterocycles. The van der Waals surface area contributed by atoms with Gasteiger partial charge in [-0.3, -0.25) is 9.69 Å². The Hall–Kier alpha value is -2.71. The summed E-state index contributed by atoms with van der Waals surface area (Å²) in [5.74, 6) is 0.396. The van der Waals surface area contributed by atoms with Crippen LogP contribution in [0.4, 0.5) is 0 Å². The van der Waals surface area contributed by atoms with Crippen molar-refractivity contribution >= 4 is 17.0 Å². The number of morpholine rings is 1. The zero-order valence-electron chi connectivity index (χ0n) is 14.5. The van der Waals surface area contributed by atoms with Crippen molar-refractivity contribution in [3.8, 4) is 11.5 Å². The van der Waals surface area contributed by atoms with Crippen LogP contribution in [0.1, 0.15) is 16.1 Å². The van der Waals surface area contributed by atoms with E-state index in [2.05, 4.69) is 20.4 Å². The summed E-state index contributed by atoms with van der Waals surface area (Å²) >= 11 is 0. The number of amides is 1. The molecule has 0 radical (unpaired) electrons. The summed E-state index contributed by atoms with van der Waals surface area (Å²) in [6.07, 6.45) is 1.56. The predicted octanol–water partition coefficient (Wildman–Crippen LogP) is 1.85. The summed E-state index contributed by atoms with van der Waals surface area (Å²) < 4.78 is 16.0. The van der Waals surface area contributed by atoms with Crippen LogP contribution in [0.3, 0.4) is 0 Å². The fourth-order valence-electron chi connectivity index (χ4n) is 3.07. The van der Waals surface area contributed by atoms with Gasteiger partial charge in [-0.2, -0.15) is 0 Å². The first-order chi connectivity index (χ1) is 12.7. The van der Waals surface area contributed by atoms with E-state index >= 15 is 0 Å². The summed E-state index contributed by atoms with van der Waals surface area (Å²) in [5.41, 5.74) is 1.99. The summed E-state index contributed by atoms with van der Waals surface area (Å²) in [6.45, 7) is 6.41. The van der Waals surface area contributed by atoms with Crippen molar-refractivity contribution in [2.45, 2.75) is 6.92 Å². The van der Waals surface area contributed by atoms with Gasteiger partial charge in [0.25, 0.3) is 11.6 Å². The number of hydrogen-bond donors (Lipinski definition) is 1. The topological polar surface area (TPSA) is 93.6 Å². The van der Waals surface area contributed by atoms with Crippen molar-refractivity contribution in [2.24, 2.45) is 0 Å². The Balaban J connectivity index is 1.55. The van der Waals surface area contributed by atoms with Crippen LogP contribution in [0.2, 0.25) is 0 Å². The fourth-order valence-corrected chi connectivity index (χ4v) is 3.07. The summed E-state index contributed by atoms with van der Waals surface area (Å²) in [7, 11) is 0. The number of nitrogens with one attached hydrogen (secondary N) is 1. The molecular formula is C18H20N4O4. The van der Waals surface area contributed by atoms with E-state index in [-0.39, 0.29) is 5.91 Å². The normalized spacial score (nSPS) is 15.4. The second-order valence-corrected chi connectivity index (χ2v) is 6.19. The van der Waals surface area contributed by atoms with Crippen molar-refractivity contribution in [3.63, 3.8) is 0 Å². The van der Waals surface area contributed by atoms with Gasteiger partial charge in [0.15, 0.2) is 5.76 Å². The Labute approximate surface area is 150 Å². The van der Waals surface area contributed by atoms with E-state index in [4.69, 9.17) is 13.7 Å². The monoisotopic (exact) mass is 356 g/mol. The summed E-state index contributed by atoms with van der Waals surface area (Å²) in [6, 6.07) is 5.28. The van der Waals surface area contributed by atoms with E-state index in [9.17, 15) is 4.79 Å². The van der Waals surface area contributed by atoms with Gasteiger partial charge in [0, 0.05) is 26.2 Å². The maximum atomic E-state index is 12.8. The van der Waals surface area contributed by atoms with Gasteiger partial charge >= 0.3 is 0 Å². The second-order valence-electron chi connectivity index (χ2n) is 6.19. The zero-order chi connectivity index (χ0) is 17.9. The molecule has 1 aliphatic heterocycles. The molecule has 0 unspecified atom stereocenters. The average Bonchev–Trinajstić information content (AvgIpc) is 3.32. The van der Waals surface area contributed by atoms with Crippen molar-refractivity contribution in [1.82, 2.24) is 20.4 Å². The molecule has 0 bridgehead atoms. The lowest BCUT2D eigenvalue weighted by Gasteiger charge is -2.26. The number of furan rings is 1. The SMILES string of the molecule is Cc1noc2nc(-c3ccco3)cc(C(=O)NCCN3CCOCC3)c12. The van der Waals surface area contributed by atoms with E-state index in [0.29, 0.717) is 40.4 Å². The van der Waals surface area contributed by atoms with Crippen LogP contribution in [0, 0.1) is 6.92 Å². The van der Waals surface area contributed by atoms with E-state index in [1.54, 1.807) is 31.4 Å². The zero-order valence-corrected chi connectivity index (χ0v) is 14.5. The number of carbonyl (C=O) groups is 1. The lowest BCUT2D eigenvalue weighted by atomic mass is 10.1. The van der Waals surface area contributed by atoms with Crippen molar-refractivity contribution in [2.75, 3.05) is 39.4 Å². The van der Waals surface area contributed by atoms with Gasteiger partial charge < -0.3 is 19.0 Å². The first-order valence-electron chi connectivity index (χ1n) is 8.61. The number of pyridine rings is 1. The van der Waals surface area contributed by atoms with E-state index < -0.39 is 0 Å². The highest BCUT2D eigenvalue weighted by molar-refractivity contribution is 6.06. The Morgan fingerprint density at radius 1 is 1.35 bits per heavy atom. The molecule has 0 aromatic carbocycles. The third kappa shape index (κ3) is 3.33. The maximum Gasteiger partial charge on any atom is 0.259 e. The number of aromatic nitrogens is 2. The lowest BCUT2D eigenvalue weighted by Crippen LogP contribution is -2.41. The lowest BCUT2D eigenvalue weighted by molar-refractivity contribution is 0.0383. The van der Waals surface area contributed by atoms with Crippen LogP contribution in [-0.4, -0.2) is 60.3 Å². The van der Waals surface area contributed by atoms with Gasteiger partial charge in [0.1, 0.15) is 5.69 Å². The number of carbonyl (C=O) groups excluding carboxylic acids is 1. The summed E-state index contributed by atoms with van der Waals surface area (Å²) in [5, 5.41) is 7.55. The van der Waals surface area contributed by atoms with Gasteiger partial charge in [-0.05, 0) is 25.1 Å². The molecule has 0 spiro atoms. The molecule has 4 rings (SSSR count). The van der Waals surface area contributed by atoms with Gasteiger partial charge in [0.05, 0.1) is 36.1 Å². The van der Waals surface area contributed by atoms with Crippen LogP contribution >= 0.6 is 0 Å². The van der Waals surface area contributed by atoms with E-state index in [1.807, 2.05) is 0 Å². The number of aryl methyl sites for hydroxylation is 1. The third-order valence-electron chi connectivity index (χ3n) is 4.45. The van der Waals surface area contributed by atoms with E-state index in [0.717, 1.165) is 32.8 Å². The first-order valence-corrected chi connectivity index (χ1v) is 8.61. The first kappa shape index (κ1) is 16.7. The van der Waals surface area contributed by atoms with E-state index in [1.165, 1.54) is 0 Å². The average molecular weight is 356 g/mol.